The van der Waals surface area contributed by atoms with Gasteiger partial charge in [0.2, 0.25) is 11.8 Å². The van der Waals surface area contributed by atoms with E-state index >= 15 is 0 Å². The van der Waals surface area contributed by atoms with Gasteiger partial charge in [0.1, 0.15) is 0 Å². The van der Waals surface area contributed by atoms with E-state index in [1.54, 1.807) is 0 Å². The van der Waals surface area contributed by atoms with Crippen molar-refractivity contribution >= 4 is 11.8 Å². The molecule has 0 saturated heterocycles. The number of hydrogen-bond acceptors (Lipinski definition) is 3. The molecule has 0 heterocycles. The molecule has 0 aromatic carbocycles. The van der Waals surface area contributed by atoms with Gasteiger partial charge >= 0.3 is 51.4 Å². The molecule has 6 heteroatoms. The Morgan fingerprint density at radius 1 is 1.12 bits per heavy atom. The zero-order chi connectivity index (χ0) is 17.2. The van der Waals surface area contributed by atoms with Crippen molar-refractivity contribution in [2.75, 3.05) is 13.6 Å². The van der Waals surface area contributed by atoms with Crippen LogP contribution < -0.4 is 56.7 Å². The molecular formula is C19H33KN2O3. The monoisotopic (exact) mass is 376 g/mol. The van der Waals surface area contributed by atoms with Gasteiger partial charge in [-0.25, -0.2) is 0 Å². The second-order valence-electron chi connectivity index (χ2n) is 6.47. The third kappa shape index (κ3) is 9.49. The van der Waals surface area contributed by atoms with Crippen LogP contribution in [0.5, 0.6) is 0 Å². The van der Waals surface area contributed by atoms with Crippen LogP contribution in [0.2, 0.25) is 0 Å². The average molecular weight is 377 g/mol. The molecule has 2 N–H and O–H groups in total. The fraction of sp³-hybridized carbons (Fsp3) is 0.684. The second-order valence-corrected chi connectivity index (χ2v) is 6.47. The smallest absolute Gasteiger partial charge is 0.870 e. The summed E-state index contributed by atoms with van der Waals surface area (Å²) < 4.78 is 0. The van der Waals surface area contributed by atoms with Gasteiger partial charge in [-0.2, -0.15) is 0 Å². The van der Waals surface area contributed by atoms with Crippen molar-refractivity contribution in [2.45, 2.75) is 57.4 Å². The van der Waals surface area contributed by atoms with E-state index in [0.717, 1.165) is 57.9 Å². The summed E-state index contributed by atoms with van der Waals surface area (Å²) in [7, 11) is 1.87. The third-order valence-corrected chi connectivity index (χ3v) is 4.62. The van der Waals surface area contributed by atoms with Gasteiger partial charge in [-0.05, 0) is 44.9 Å². The van der Waals surface area contributed by atoms with Crippen LogP contribution in [0.15, 0.2) is 25.8 Å². The molecule has 0 aliphatic heterocycles. The molecule has 2 rings (SSSR count). The molecule has 2 aliphatic carbocycles. The van der Waals surface area contributed by atoms with Gasteiger partial charge in [0.05, 0.1) is 0 Å². The number of hydrogen-bond donors (Lipinski definition) is 1. The summed E-state index contributed by atoms with van der Waals surface area (Å²) >= 11 is 0. The molecule has 25 heavy (non-hydrogen) atoms. The fourth-order valence-corrected chi connectivity index (χ4v) is 3.14. The Morgan fingerprint density at radius 3 is 2.28 bits per heavy atom. The first-order chi connectivity index (χ1) is 11.1. The zero-order valence-electron chi connectivity index (χ0n) is 16.0. The van der Waals surface area contributed by atoms with E-state index in [1.165, 1.54) is 0 Å². The number of allylic oxidation sites excluding steroid dienone is 1. The summed E-state index contributed by atoms with van der Waals surface area (Å²) in [5.74, 6) is 0.0531. The van der Waals surface area contributed by atoms with Crippen LogP contribution in [0.3, 0.4) is 0 Å². The maximum absolute atomic E-state index is 12.6. The van der Waals surface area contributed by atoms with E-state index in [2.05, 4.69) is 25.1 Å². The van der Waals surface area contributed by atoms with Crippen molar-refractivity contribution in [3.8, 4) is 0 Å². The van der Waals surface area contributed by atoms with Crippen LogP contribution in [0, 0.1) is 11.8 Å². The normalized spacial score (nSPS) is 20.8. The van der Waals surface area contributed by atoms with Crippen molar-refractivity contribution in [1.29, 1.82) is 0 Å². The average Bonchev–Trinajstić information content (AvgIpc) is 3.24. The Hall–Kier alpha value is 0.0164. The van der Waals surface area contributed by atoms with Crippen molar-refractivity contribution in [2.24, 2.45) is 11.8 Å². The topological polar surface area (TPSA) is 79.4 Å². The first-order valence-corrected chi connectivity index (χ1v) is 8.79. The number of unbranched alkanes of at least 4 members (excludes halogenated alkanes) is 2. The predicted octanol–water partition coefficient (Wildman–Crippen LogP) is 0.125. The van der Waals surface area contributed by atoms with E-state index in [9.17, 15) is 9.59 Å². The van der Waals surface area contributed by atoms with Gasteiger partial charge in [-0.1, -0.05) is 12.5 Å². The Morgan fingerprint density at radius 2 is 1.72 bits per heavy atom. The van der Waals surface area contributed by atoms with Crippen LogP contribution >= 0.6 is 0 Å². The maximum Gasteiger partial charge on any atom is 1.00 e. The first kappa shape index (κ1) is 27.2. The molecule has 2 saturated carbocycles. The molecule has 2 fully saturated rings. The Kier molecular flexibility index (Phi) is 16.5. The molecule has 0 radical (unpaired) electrons. The predicted molar refractivity (Wildman–Crippen MR) is 96.9 cm³/mol. The quantitative estimate of drug-likeness (QED) is 0.371. The summed E-state index contributed by atoms with van der Waals surface area (Å²) in [4.78, 5) is 26.6. The number of carbonyl (C=O) groups excluding carboxylic acids is 2. The molecule has 0 aromatic rings. The number of rotatable bonds is 8. The van der Waals surface area contributed by atoms with E-state index in [-0.39, 0.29) is 80.5 Å². The summed E-state index contributed by atoms with van der Waals surface area (Å²) in [5, 5.41) is 3.06. The van der Waals surface area contributed by atoms with Gasteiger partial charge < -0.3 is 15.7 Å². The molecule has 0 bridgehead atoms. The van der Waals surface area contributed by atoms with Gasteiger partial charge in [0.25, 0.3) is 0 Å². The SMILES string of the molecule is C=C.C=CCCCCN(C)C(=O)[C@@H]1CCCC1C(=O)NC1CC1.[K+].[OH-]. The van der Waals surface area contributed by atoms with Crippen molar-refractivity contribution in [1.82, 2.24) is 10.2 Å². The number of nitrogens with zero attached hydrogens (tertiary/aromatic N) is 1. The largest absolute Gasteiger partial charge is 1.00 e. The van der Waals surface area contributed by atoms with Gasteiger partial charge in [0.15, 0.2) is 0 Å². The Labute approximate surface area is 195 Å². The van der Waals surface area contributed by atoms with E-state index in [0.29, 0.717) is 6.04 Å². The standard InChI is InChI=1S/C17H28N2O2.C2H4.K.H2O/c1-3-4-5-6-12-19(2)17(21)15-9-7-8-14(15)16(20)18-13-10-11-13;1-2;;/h3,13-15H,1,4-12H2,2H3,(H,18,20);1-2H2;;1H2/q;;+1;/p-1/t14?,15-;;;/m1.../s1. The molecule has 2 amide bonds. The minimum atomic E-state index is -0.104. The molecular weight excluding hydrogens is 343 g/mol. The van der Waals surface area contributed by atoms with Gasteiger partial charge in [0, 0.05) is 31.5 Å². The number of nitrogens with one attached hydrogen (secondary N) is 1. The van der Waals surface area contributed by atoms with Gasteiger partial charge in [-0.3, -0.25) is 9.59 Å². The molecule has 1 unspecified atom stereocenters. The Balaban J connectivity index is 0. The fourth-order valence-electron chi connectivity index (χ4n) is 3.14. The molecule has 0 aromatic heterocycles. The van der Waals surface area contributed by atoms with Crippen LogP contribution in [0.25, 0.3) is 0 Å². The third-order valence-electron chi connectivity index (χ3n) is 4.62. The summed E-state index contributed by atoms with van der Waals surface area (Å²) in [5.41, 5.74) is 0. The van der Waals surface area contributed by atoms with Crippen molar-refractivity contribution < 1.29 is 66.4 Å². The minimum Gasteiger partial charge on any atom is -0.870 e. The summed E-state index contributed by atoms with van der Waals surface area (Å²) in [6, 6.07) is 0.380. The molecule has 0 spiro atoms. The minimum absolute atomic E-state index is 0. The summed E-state index contributed by atoms with van der Waals surface area (Å²) in [6.45, 7) is 10.5. The van der Waals surface area contributed by atoms with Crippen LogP contribution in [0.4, 0.5) is 0 Å². The second kappa shape index (κ2) is 15.1. The van der Waals surface area contributed by atoms with Crippen LogP contribution in [-0.2, 0) is 9.59 Å². The zero-order valence-corrected chi connectivity index (χ0v) is 19.1. The van der Waals surface area contributed by atoms with Crippen molar-refractivity contribution in [3.05, 3.63) is 25.8 Å². The number of amides is 2. The number of carbonyl (C=O) groups is 2. The van der Waals surface area contributed by atoms with Crippen LogP contribution in [0.1, 0.15) is 51.4 Å². The van der Waals surface area contributed by atoms with E-state index < -0.39 is 0 Å². The molecule has 2 aliphatic rings. The Bertz CT molecular complexity index is 413. The van der Waals surface area contributed by atoms with Crippen molar-refractivity contribution in [3.63, 3.8) is 0 Å². The van der Waals surface area contributed by atoms with E-state index in [1.807, 2.05) is 18.0 Å². The molecule has 5 nitrogen and oxygen atoms in total. The van der Waals surface area contributed by atoms with E-state index in [4.69, 9.17) is 0 Å². The van der Waals surface area contributed by atoms with Crippen LogP contribution in [-0.4, -0.2) is 41.8 Å². The maximum atomic E-state index is 12.6. The summed E-state index contributed by atoms with van der Waals surface area (Å²) in [6.07, 6.45) is 9.88. The van der Waals surface area contributed by atoms with Gasteiger partial charge in [-0.15, -0.1) is 19.7 Å². The molecule has 138 valence electrons. The first-order valence-electron chi connectivity index (χ1n) is 8.79. The molecule has 2 atom stereocenters.